The van der Waals surface area contributed by atoms with Crippen LogP contribution in [-0.4, -0.2) is 31.9 Å². The number of hydrogen-bond donors (Lipinski definition) is 1. The monoisotopic (exact) mass is 284 g/mol. The largest absolute Gasteiger partial charge is 0.381 e. The molecule has 0 atom stereocenters. The highest BCUT2D eigenvalue weighted by molar-refractivity contribution is 7.11. The molecule has 1 fully saturated rings. The first-order valence-corrected chi connectivity index (χ1v) is 7.92. The minimum Gasteiger partial charge on any atom is -0.381 e. The third-order valence-electron chi connectivity index (χ3n) is 3.56. The van der Waals surface area contributed by atoms with Crippen LogP contribution in [0.5, 0.6) is 0 Å². The summed E-state index contributed by atoms with van der Waals surface area (Å²) in [4.78, 5) is 6.20. The van der Waals surface area contributed by atoms with Crippen LogP contribution < -0.4 is 5.32 Å². The van der Waals surface area contributed by atoms with Gasteiger partial charge in [-0.15, -0.1) is 11.3 Å². The number of hydrogen-bond acceptors (Lipinski definition) is 5. The van der Waals surface area contributed by atoms with Crippen LogP contribution in [0.25, 0.3) is 0 Å². The predicted octanol–water partition coefficient (Wildman–Crippen LogP) is 2.47. The molecule has 0 aliphatic carbocycles. The lowest BCUT2D eigenvalue weighted by molar-refractivity contribution is -0.112. The molecule has 2 rings (SSSR count). The number of rotatable bonds is 6. The Balaban J connectivity index is 2.30. The number of nitrogens with one attached hydrogen (secondary N) is 1. The summed E-state index contributed by atoms with van der Waals surface area (Å²) in [6.45, 7) is 7.36. The van der Waals surface area contributed by atoms with Crippen molar-refractivity contribution in [1.82, 2.24) is 10.3 Å². The van der Waals surface area contributed by atoms with Crippen LogP contribution in [0, 0.1) is 0 Å². The molecule has 0 spiro atoms. The van der Waals surface area contributed by atoms with Crippen molar-refractivity contribution in [1.29, 1.82) is 0 Å². The quantitative estimate of drug-likeness (QED) is 0.871. The van der Waals surface area contributed by atoms with Crippen LogP contribution in [0.1, 0.15) is 42.3 Å². The molecule has 0 unspecified atom stereocenters. The van der Waals surface area contributed by atoms with Gasteiger partial charge >= 0.3 is 0 Å². The topological polar surface area (TPSA) is 43.4 Å². The van der Waals surface area contributed by atoms with E-state index in [9.17, 15) is 0 Å². The van der Waals surface area contributed by atoms with E-state index in [1.165, 1.54) is 10.6 Å². The summed E-state index contributed by atoms with van der Waals surface area (Å²) in [6, 6.07) is 0. The lowest BCUT2D eigenvalue weighted by Gasteiger charge is -2.35. The number of nitrogens with zero attached hydrogens (tertiary/aromatic N) is 1. The van der Waals surface area contributed by atoms with Crippen LogP contribution in [0.15, 0.2) is 0 Å². The maximum atomic E-state index is 6.09. The molecule has 1 aliphatic heterocycles. The maximum Gasteiger partial charge on any atom is 0.125 e. The number of aryl methyl sites for hydroxylation is 1. The second-order valence-electron chi connectivity index (χ2n) is 4.81. The van der Waals surface area contributed by atoms with Crippen molar-refractivity contribution in [2.24, 2.45) is 0 Å². The van der Waals surface area contributed by atoms with Crippen molar-refractivity contribution in [3.05, 3.63) is 15.6 Å². The molecule has 0 aromatic carbocycles. The van der Waals surface area contributed by atoms with Gasteiger partial charge < -0.3 is 14.8 Å². The summed E-state index contributed by atoms with van der Waals surface area (Å²) >= 11 is 1.80. The Morgan fingerprint density at radius 2 is 2.11 bits per heavy atom. The minimum atomic E-state index is -0.215. The lowest BCUT2D eigenvalue weighted by Crippen LogP contribution is -2.36. The normalized spacial score (nSPS) is 18.7. The zero-order valence-electron chi connectivity index (χ0n) is 12.1. The van der Waals surface area contributed by atoms with Gasteiger partial charge in [-0.3, -0.25) is 0 Å². The molecular formula is C14H24N2O2S. The molecule has 1 aromatic rings. The van der Waals surface area contributed by atoms with E-state index in [0.717, 1.165) is 50.6 Å². The van der Waals surface area contributed by atoms with E-state index < -0.39 is 0 Å². The first kappa shape index (κ1) is 14.9. The van der Waals surface area contributed by atoms with E-state index >= 15 is 0 Å². The smallest absolute Gasteiger partial charge is 0.125 e. The highest BCUT2D eigenvalue weighted by atomic mass is 32.1. The van der Waals surface area contributed by atoms with Gasteiger partial charge in [-0.1, -0.05) is 6.92 Å². The number of thiazole rings is 1. The van der Waals surface area contributed by atoms with E-state index in [4.69, 9.17) is 14.5 Å². The van der Waals surface area contributed by atoms with Gasteiger partial charge in [0.2, 0.25) is 0 Å². The molecule has 1 N–H and O–H groups in total. The van der Waals surface area contributed by atoms with Crippen LogP contribution in [0.3, 0.4) is 0 Å². The minimum absolute atomic E-state index is 0.215. The van der Waals surface area contributed by atoms with Crippen molar-refractivity contribution in [2.45, 2.75) is 45.3 Å². The van der Waals surface area contributed by atoms with Crippen molar-refractivity contribution >= 4 is 11.3 Å². The summed E-state index contributed by atoms with van der Waals surface area (Å²) < 4.78 is 11.6. The van der Waals surface area contributed by atoms with E-state index in [0.29, 0.717) is 0 Å². The molecule has 19 heavy (non-hydrogen) atoms. The van der Waals surface area contributed by atoms with Crippen LogP contribution in [0.4, 0.5) is 0 Å². The van der Waals surface area contributed by atoms with Crippen molar-refractivity contribution in [2.75, 3.05) is 26.9 Å². The molecule has 0 saturated carbocycles. The molecule has 0 radical (unpaired) electrons. The van der Waals surface area contributed by atoms with E-state index in [2.05, 4.69) is 19.2 Å². The average Bonchev–Trinajstić information content (AvgIpc) is 2.84. The highest BCUT2D eigenvalue weighted by Gasteiger charge is 2.38. The molecule has 1 saturated heterocycles. The number of ether oxygens (including phenoxy) is 2. The van der Waals surface area contributed by atoms with Gasteiger partial charge in [0.15, 0.2) is 0 Å². The standard InChI is InChI=1S/C14H24N2O2S/c1-4-11-12(10-15-3)19-13(16-11)14(18-5-2)6-8-17-9-7-14/h15H,4-10H2,1-3H3. The van der Waals surface area contributed by atoms with E-state index in [-0.39, 0.29) is 5.60 Å². The van der Waals surface area contributed by atoms with Gasteiger partial charge in [-0.25, -0.2) is 4.98 Å². The summed E-state index contributed by atoms with van der Waals surface area (Å²) in [6.07, 6.45) is 2.80. The zero-order chi connectivity index (χ0) is 13.7. The third kappa shape index (κ3) is 3.16. The second-order valence-corrected chi connectivity index (χ2v) is 5.90. The molecule has 5 heteroatoms. The summed E-state index contributed by atoms with van der Waals surface area (Å²) in [5.74, 6) is 0. The molecule has 2 heterocycles. The van der Waals surface area contributed by atoms with Crippen molar-refractivity contribution < 1.29 is 9.47 Å². The molecule has 0 bridgehead atoms. The number of aromatic nitrogens is 1. The Labute approximate surface area is 119 Å². The first-order valence-electron chi connectivity index (χ1n) is 7.11. The molecule has 1 aromatic heterocycles. The summed E-state index contributed by atoms with van der Waals surface area (Å²) in [7, 11) is 1.98. The first-order chi connectivity index (χ1) is 9.25. The molecule has 108 valence electrons. The Bertz CT molecular complexity index is 395. The molecular weight excluding hydrogens is 260 g/mol. The maximum absolute atomic E-state index is 6.09. The Morgan fingerprint density at radius 1 is 1.37 bits per heavy atom. The lowest BCUT2D eigenvalue weighted by atomic mass is 9.95. The molecule has 1 aliphatic rings. The second kappa shape index (κ2) is 6.79. The third-order valence-corrected chi connectivity index (χ3v) is 4.84. The summed E-state index contributed by atoms with van der Waals surface area (Å²) in [5.41, 5.74) is 0.994. The average molecular weight is 284 g/mol. The van der Waals surface area contributed by atoms with E-state index in [1.807, 2.05) is 7.05 Å². The Morgan fingerprint density at radius 3 is 2.68 bits per heavy atom. The van der Waals surface area contributed by atoms with Crippen LogP contribution in [0.2, 0.25) is 0 Å². The highest BCUT2D eigenvalue weighted by Crippen LogP contribution is 2.39. The van der Waals surface area contributed by atoms with Crippen molar-refractivity contribution in [3.8, 4) is 0 Å². The van der Waals surface area contributed by atoms with Crippen LogP contribution in [-0.2, 0) is 28.0 Å². The SMILES string of the molecule is CCOC1(c2nc(CC)c(CNC)s2)CCOCC1. The van der Waals surface area contributed by atoms with Gasteiger partial charge in [0.05, 0.1) is 5.69 Å². The molecule has 4 nitrogen and oxygen atoms in total. The predicted molar refractivity (Wildman–Crippen MR) is 77.6 cm³/mol. The Kier molecular flexibility index (Phi) is 5.33. The fourth-order valence-electron chi connectivity index (χ4n) is 2.55. The van der Waals surface area contributed by atoms with Gasteiger partial charge in [-0.05, 0) is 20.4 Å². The van der Waals surface area contributed by atoms with Gasteiger partial charge in [-0.2, -0.15) is 0 Å². The van der Waals surface area contributed by atoms with E-state index in [1.54, 1.807) is 11.3 Å². The fourth-order valence-corrected chi connectivity index (χ4v) is 3.91. The van der Waals surface area contributed by atoms with Gasteiger partial charge in [0, 0.05) is 44.1 Å². The van der Waals surface area contributed by atoms with Gasteiger partial charge in [0.25, 0.3) is 0 Å². The van der Waals surface area contributed by atoms with Crippen molar-refractivity contribution in [3.63, 3.8) is 0 Å². The van der Waals surface area contributed by atoms with Crippen LogP contribution >= 0.6 is 11.3 Å². The summed E-state index contributed by atoms with van der Waals surface area (Å²) in [5, 5.41) is 4.36. The molecule has 0 amide bonds. The van der Waals surface area contributed by atoms with Gasteiger partial charge in [0.1, 0.15) is 10.6 Å². The Hall–Kier alpha value is -0.490. The fraction of sp³-hybridized carbons (Fsp3) is 0.786. The zero-order valence-corrected chi connectivity index (χ0v) is 12.9.